The van der Waals surface area contributed by atoms with Crippen molar-refractivity contribution < 1.29 is 13.2 Å². The van der Waals surface area contributed by atoms with E-state index in [-0.39, 0.29) is 17.2 Å². The molecule has 0 unspecified atom stereocenters. The van der Waals surface area contributed by atoms with Gasteiger partial charge in [-0.15, -0.1) is 0 Å². The first kappa shape index (κ1) is 21.3. The van der Waals surface area contributed by atoms with Gasteiger partial charge >= 0.3 is 0 Å². The predicted octanol–water partition coefficient (Wildman–Crippen LogP) is 3.75. The van der Waals surface area contributed by atoms with E-state index in [0.29, 0.717) is 35.9 Å². The molecule has 1 amide bonds. The lowest BCUT2D eigenvalue weighted by atomic mass is 10.3. The van der Waals surface area contributed by atoms with Crippen LogP contribution in [0.5, 0.6) is 0 Å². The van der Waals surface area contributed by atoms with E-state index in [0.717, 1.165) is 5.52 Å². The number of nitrogens with zero attached hydrogens (tertiary/aromatic N) is 3. The third-order valence-electron chi connectivity index (χ3n) is 4.64. The van der Waals surface area contributed by atoms with Gasteiger partial charge in [-0.25, -0.2) is 13.4 Å². The van der Waals surface area contributed by atoms with Crippen molar-refractivity contribution in [2.45, 2.75) is 31.7 Å². The van der Waals surface area contributed by atoms with Gasteiger partial charge in [-0.1, -0.05) is 25.4 Å². The zero-order chi connectivity index (χ0) is 21.0. The molecule has 7 nitrogen and oxygen atoms in total. The van der Waals surface area contributed by atoms with Crippen molar-refractivity contribution in [3.8, 4) is 0 Å². The smallest absolute Gasteiger partial charge is 0.243 e. The van der Waals surface area contributed by atoms with Crippen LogP contribution in [0.3, 0.4) is 0 Å². The minimum Gasteiger partial charge on any atom is -0.330 e. The Morgan fingerprint density at radius 3 is 2.48 bits per heavy atom. The molecule has 0 aliphatic carbocycles. The van der Waals surface area contributed by atoms with Gasteiger partial charge in [-0.2, -0.15) is 4.31 Å². The maximum absolute atomic E-state index is 12.7. The van der Waals surface area contributed by atoms with Crippen LogP contribution in [0.2, 0.25) is 5.02 Å². The van der Waals surface area contributed by atoms with Crippen molar-refractivity contribution in [2.24, 2.45) is 0 Å². The van der Waals surface area contributed by atoms with E-state index in [1.54, 1.807) is 48.8 Å². The first-order valence-corrected chi connectivity index (χ1v) is 11.2. The Bertz CT molecular complexity index is 1110. The molecule has 2 aromatic carbocycles. The van der Waals surface area contributed by atoms with E-state index in [9.17, 15) is 13.2 Å². The molecule has 0 fully saturated rings. The van der Waals surface area contributed by atoms with Gasteiger partial charge in [0.1, 0.15) is 0 Å². The highest BCUT2D eigenvalue weighted by Crippen LogP contribution is 2.21. The van der Waals surface area contributed by atoms with Crippen molar-refractivity contribution in [3.05, 3.63) is 53.8 Å². The van der Waals surface area contributed by atoms with E-state index in [4.69, 9.17) is 11.6 Å². The first-order chi connectivity index (χ1) is 13.8. The fraction of sp³-hybridized carbons (Fsp3) is 0.300. The quantitative estimate of drug-likeness (QED) is 0.585. The molecule has 154 valence electrons. The third-order valence-corrected chi connectivity index (χ3v) is 6.94. The molecule has 3 rings (SSSR count). The predicted molar refractivity (Wildman–Crippen MR) is 115 cm³/mol. The molecule has 3 aromatic rings. The monoisotopic (exact) mass is 434 g/mol. The fourth-order valence-electron chi connectivity index (χ4n) is 3.07. The highest BCUT2D eigenvalue weighted by molar-refractivity contribution is 7.89. The summed E-state index contributed by atoms with van der Waals surface area (Å²) in [5.41, 5.74) is 2.04. The Morgan fingerprint density at radius 2 is 1.83 bits per heavy atom. The van der Waals surface area contributed by atoms with Crippen LogP contribution in [0.15, 0.2) is 53.7 Å². The van der Waals surface area contributed by atoms with Crippen LogP contribution >= 0.6 is 11.6 Å². The number of rotatable bonds is 8. The lowest BCUT2D eigenvalue weighted by Crippen LogP contribution is -2.30. The van der Waals surface area contributed by atoms with Crippen LogP contribution < -0.4 is 5.32 Å². The van der Waals surface area contributed by atoms with Crippen LogP contribution in [0, 0.1) is 0 Å². The van der Waals surface area contributed by atoms with Crippen molar-refractivity contribution >= 4 is 44.3 Å². The summed E-state index contributed by atoms with van der Waals surface area (Å²) in [4.78, 5) is 16.7. The molecule has 0 radical (unpaired) electrons. The molecule has 0 saturated carbocycles. The van der Waals surface area contributed by atoms with Crippen molar-refractivity contribution in [3.63, 3.8) is 0 Å². The number of hydrogen-bond donors (Lipinski definition) is 1. The van der Waals surface area contributed by atoms with Gasteiger partial charge in [-0.05, 0) is 42.5 Å². The van der Waals surface area contributed by atoms with E-state index in [1.807, 2.05) is 18.4 Å². The number of halogens is 1. The molecule has 29 heavy (non-hydrogen) atoms. The second kappa shape index (κ2) is 8.94. The number of imidazole rings is 1. The molecular formula is C20H23ClN4O3S. The lowest BCUT2D eigenvalue weighted by molar-refractivity contribution is -0.116. The largest absolute Gasteiger partial charge is 0.330 e. The topological polar surface area (TPSA) is 84.3 Å². The van der Waals surface area contributed by atoms with Gasteiger partial charge in [0.05, 0.1) is 22.3 Å². The summed E-state index contributed by atoms with van der Waals surface area (Å²) in [6.07, 6.45) is 1.88. The van der Waals surface area contributed by atoms with Crippen molar-refractivity contribution in [1.82, 2.24) is 13.9 Å². The van der Waals surface area contributed by atoms with Gasteiger partial charge < -0.3 is 9.88 Å². The summed E-state index contributed by atoms with van der Waals surface area (Å²) in [5.74, 6) is -0.130. The number of carbonyl (C=O) groups excluding carboxylic acids is 1. The number of aryl methyl sites for hydroxylation is 1. The summed E-state index contributed by atoms with van der Waals surface area (Å²) < 4.78 is 28.6. The number of hydrogen-bond acceptors (Lipinski definition) is 4. The average molecular weight is 435 g/mol. The van der Waals surface area contributed by atoms with Crippen LogP contribution in [0.4, 0.5) is 5.69 Å². The zero-order valence-corrected chi connectivity index (χ0v) is 17.9. The summed E-state index contributed by atoms with van der Waals surface area (Å²) in [6.45, 7) is 4.87. The third kappa shape index (κ3) is 4.77. The van der Waals surface area contributed by atoms with Gasteiger partial charge in [0.15, 0.2) is 0 Å². The molecule has 0 atom stereocenters. The van der Waals surface area contributed by atoms with Crippen molar-refractivity contribution in [1.29, 1.82) is 0 Å². The number of benzene rings is 2. The van der Waals surface area contributed by atoms with Gasteiger partial charge in [0.2, 0.25) is 15.9 Å². The normalized spacial score (nSPS) is 11.9. The van der Waals surface area contributed by atoms with Crippen LogP contribution in [0.25, 0.3) is 11.0 Å². The maximum Gasteiger partial charge on any atom is 0.243 e. The molecular weight excluding hydrogens is 412 g/mol. The Hall–Kier alpha value is -2.42. The molecule has 1 aromatic heterocycles. The molecule has 1 heterocycles. The van der Waals surface area contributed by atoms with Crippen LogP contribution in [-0.2, 0) is 21.4 Å². The number of carbonyl (C=O) groups is 1. The number of fused-ring (bicyclic) bond motifs is 1. The Morgan fingerprint density at radius 1 is 1.14 bits per heavy atom. The molecule has 0 bridgehead atoms. The maximum atomic E-state index is 12.7. The zero-order valence-electron chi connectivity index (χ0n) is 16.3. The number of nitrogens with one attached hydrogen (secondary N) is 1. The highest BCUT2D eigenvalue weighted by atomic mass is 35.5. The SMILES string of the molecule is CCN(CC)S(=O)(=O)c1ccc2c(c1)ncn2CCC(=O)Nc1ccc(Cl)cc1. The van der Waals surface area contributed by atoms with Crippen LogP contribution in [-0.4, -0.2) is 41.3 Å². The Labute approximate surface area is 175 Å². The second-order valence-corrected chi connectivity index (χ2v) is 8.86. The van der Waals surface area contributed by atoms with Crippen molar-refractivity contribution in [2.75, 3.05) is 18.4 Å². The standard InChI is InChI=1S/C20H23ClN4O3S/c1-3-25(4-2)29(27,28)17-9-10-19-18(13-17)22-14-24(19)12-11-20(26)23-16-7-5-15(21)6-8-16/h5-10,13-14H,3-4,11-12H2,1-2H3,(H,23,26). The highest BCUT2D eigenvalue weighted by Gasteiger charge is 2.22. The van der Waals surface area contributed by atoms with E-state index in [1.165, 1.54) is 4.31 Å². The minimum absolute atomic E-state index is 0.130. The molecule has 9 heteroatoms. The van der Waals surface area contributed by atoms with Crippen LogP contribution in [0.1, 0.15) is 20.3 Å². The molecule has 0 aliphatic rings. The number of sulfonamides is 1. The van der Waals surface area contributed by atoms with E-state index in [2.05, 4.69) is 10.3 Å². The number of aromatic nitrogens is 2. The van der Waals surface area contributed by atoms with Gasteiger partial charge in [0, 0.05) is 36.8 Å². The van der Waals surface area contributed by atoms with E-state index < -0.39 is 10.0 Å². The van der Waals surface area contributed by atoms with Gasteiger partial charge in [-0.3, -0.25) is 4.79 Å². The summed E-state index contributed by atoms with van der Waals surface area (Å²) in [6, 6.07) is 11.8. The molecule has 1 N–H and O–H groups in total. The summed E-state index contributed by atoms with van der Waals surface area (Å²) in [7, 11) is -3.54. The fourth-order valence-corrected chi connectivity index (χ4v) is 4.68. The Kier molecular flexibility index (Phi) is 6.56. The minimum atomic E-state index is -3.54. The first-order valence-electron chi connectivity index (χ1n) is 9.35. The second-order valence-electron chi connectivity index (χ2n) is 6.48. The number of anilines is 1. The molecule has 0 saturated heterocycles. The molecule has 0 spiro atoms. The average Bonchev–Trinajstić information content (AvgIpc) is 3.11. The van der Waals surface area contributed by atoms with Gasteiger partial charge in [0.25, 0.3) is 0 Å². The van der Waals surface area contributed by atoms with E-state index >= 15 is 0 Å². The Balaban J connectivity index is 1.71. The lowest BCUT2D eigenvalue weighted by Gasteiger charge is -2.18. The summed E-state index contributed by atoms with van der Waals surface area (Å²) in [5, 5.41) is 3.42. The molecule has 0 aliphatic heterocycles. The number of amides is 1. The summed E-state index contributed by atoms with van der Waals surface area (Å²) >= 11 is 5.84.